The van der Waals surface area contributed by atoms with Crippen LogP contribution in [0.5, 0.6) is 0 Å². The molecule has 4 aromatic carbocycles. The van der Waals surface area contributed by atoms with Crippen molar-refractivity contribution >= 4 is 20.4 Å². The van der Waals surface area contributed by atoms with E-state index in [9.17, 15) is 0 Å². The number of allylic oxidation sites excluding steroid dienone is 6. The predicted octanol–water partition coefficient (Wildman–Crippen LogP) is 6.83. The van der Waals surface area contributed by atoms with Gasteiger partial charge in [-0.2, -0.15) is 29.3 Å². The van der Waals surface area contributed by atoms with E-state index in [1.165, 1.54) is 62.5 Å². The minimum absolute atomic E-state index is 0. The molecule has 0 bridgehead atoms. The van der Waals surface area contributed by atoms with E-state index >= 15 is 0 Å². The summed E-state index contributed by atoms with van der Waals surface area (Å²) in [6.45, 7) is 20.3. The van der Waals surface area contributed by atoms with E-state index < -0.39 is 0 Å². The standard InChI is InChI=1S/C29H37.C13H9Cl.C5H5.2ClH.Zr/c1-18-25-22-17-19-13-9-10-14-20(19)24(22)21-15-11-12-16-23(21)29(25,8)28(6,7)27(4,5)26(18,2)3;14-13-8-6-12(7-9-13)10-11-4-2-1-3-5-11;1-2-4-5-3-1;;;/h9-11,13-15,23H,12,16-17H2,1-8H3;1-9H;1-5H;2*1H;/q-1;;-1;;;+2/p-2. The van der Waals surface area contributed by atoms with Crippen LogP contribution >= 0.6 is 11.6 Å². The van der Waals surface area contributed by atoms with E-state index in [-0.39, 0.29) is 46.5 Å². The van der Waals surface area contributed by atoms with E-state index in [4.69, 9.17) is 11.6 Å². The molecule has 0 saturated heterocycles. The maximum atomic E-state index is 5.86. The van der Waals surface area contributed by atoms with E-state index in [2.05, 4.69) is 128 Å². The first-order chi connectivity index (χ1) is 23.2. The zero-order valence-electron chi connectivity index (χ0n) is 31.4. The van der Waals surface area contributed by atoms with Gasteiger partial charge in [0.1, 0.15) is 0 Å². The van der Waals surface area contributed by atoms with Gasteiger partial charge >= 0.3 is 110 Å². The summed E-state index contributed by atoms with van der Waals surface area (Å²) < 4.78 is 1.36. The molecule has 1 fully saturated rings. The summed E-state index contributed by atoms with van der Waals surface area (Å²) in [7, 11) is 0. The first-order valence-electron chi connectivity index (χ1n) is 17.9. The van der Waals surface area contributed by atoms with Gasteiger partial charge in [0.25, 0.3) is 0 Å². The topological polar surface area (TPSA) is 0 Å². The Labute approximate surface area is 340 Å². The van der Waals surface area contributed by atoms with Gasteiger partial charge < -0.3 is 24.8 Å². The van der Waals surface area contributed by atoms with Gasteiger partial charge in [-0.25, -0.2) is 18.1 Å². The monoisotopic (exact) mass is 810 g/mol. The summed E-state index contributed by atoms with van der Waals surface area (Å²) in [4.78, 5) is 0. The molecule has 0 spiro atoms. The largest absolute Gasteiger partial charge is 1.00 e. The van der Waals surface area contributed by atoms with Gasteiger partial charge in [-0.3, -0.25) is 0 Å². The molecule has 0 aliphatic heterocycles. The molecule has 0 radical (unpaired) electrons. The fraction of sp³-hybridized carbons (Fsp3) is 0.340. The number of rotatable bonds is 2. The summed E-state index contributed by atoms with van der Waals surface area (Å²) in [5.41, 5.74) is 12.8. The van der Waals surface area contributed by atoms with Gasteiger partial charge in [0.05, 0.1) is 0 Å². The Balaban J connectivity index is 0.000000222. The van der Waals surface area contributed by atoms with Crippen LogP contribution in [-0.2, 0) is 30.7 Å². The van der Waals surface area contributed by atoms with Crippen LogP contribution in [0.4, 0.5) is 0 Å². The van der Waals surface area contributed by atoms with Crippen molar-refractivity contribution in [1.82, 2.24) is 0 Å². The second kappa shape index (κ2) is 16.0. The molecule has 4 heteroatoms. The zero-order chi connectivity index (χ0) is 35.2. The average molecular weight is 814 g/mol. The van der Waals surface area contributed by atoms with Crippen molar-refractivity contribution in [2.75, 3.05) is 0 Å². The van der Waals surface area contributed by atoms with Gasteiger partial charge in [0.2, 0.25) is 0 Å². The second-order valence-electron chi connectivity index (χ2n) is 16.0. The van der Waals surface area contributed by atoms with Gasteiger partial charge in [0, 0.05) is 0 Å². The Hall–Kier alpha value is -2.28. The molecule has 2 atom stereocenters. The van der Waals surface area contributed by atoms with Crippen molar-refractivity contribution in [1.29, 1.82) is 0 Å². The SMILES string of the molecule is C[C-]1C2=C3Cc4ccccc4C3=C3C=CCCC3C2(C)C(C)(C)C(C)(C)C1(C)C.Clc1ccc([C](=[Zr+2])c2ccccc2)cc1.[Cl-].[Cl-].c1cc[cH-]c1. The fourth-order valence-corrected chi connectivity index (χ4v) is 10.2. The zero-order valence-corrected chi connectivity index (χ0v) is 36.1. The second-order valence-corrected chi connectivity index (χ2v) is 17.6. The summed E-state index contributed by atoms with van der Waals surface area (Å²) in [6, 6.07) is 37.6. The van der Waals surface area contributed by atoms with E-state index in [1.54, 1.807) is 28.2 Å². The Morgan fingerprint density at radius 2 is 1.35 bits per heavy atom. The molecule has 51 heavy (non-hydrogen) atoms. The van der Waals surface area contributed by atoms with Crippen molar-refractivity contribution < 1.29 is 49.0 Å². The summed E-state index contributed by atoms with van der Waals surface area (Å²) in [6.07, 6.45) is 8.50. The molecule has 1 saturated carbocycles. The molecule has 8 rings (SSSR count). The molecule has 0 N–H and O–H groups in total. The molecule has 0 heterocycles. The number of hydrogen-bond acceptors (Lipinski definition) is 0. The number of hydrogen-bond donors (Lipinski definition) is 0. The summed E-state index contributed by atoms with van der Waals surface area (Å²) in [5.74, 6) is 2.24. The summed E-state index contributed by atoms with van der Waals surface area (Å²) in [5, 5.41) is 0.787. The van der Waals surface area contributed by atoms with E-state index in [0.717, 1.165) is 11.4 Å². The van der Waals surface area contributed by atoms with Crippen molar-refractivity contribution in [2.24, 2.45) is 27.6 Å². The van der Waals surface area contributed by atoms with Crippen LogP contribution in [0.3, 0.4) is 0 Å². The Kier molecular flexibility index (Phi) is 13.0. The third-order valence-electron chi connectivity index (χ3n) is 13.5. The fourth-order valence-electron chi connectivity index (χ4n) is 9.28. The number of fused-ring (bicyclic) bond motifs is 6. The first-order valence-corrected chi connectivity index (χ1v) is 19.5. The predicted molar refractivity (Wildman–Crippen MR) is 207 cm³/mol. The molecule has 0 amide bonds. The van der Waals surface area contributed by atoms with Crippen LogP contribution in [-0.4, -0.2) is 3.21 Å². The minimum Gasteiger partial charge on any atom is -1.00 e. The molecule has 4 aliphatic rings. The van der Waals surface area contributed by atoms with Crippen LogP contribution in [0.25, 0.3) is 5.57 Å². The Morgan fingerprint density at radius 1 is 0.765 bits per heavy atom. The van der Waals surface area contributed by atoms with Gasteiger partial charge in [-0.15, -0.1) is 6.92 Å². The Bertz CT molecular complexity index is 1890. The molecule has 0 nitrogen and oxygen atoms in total. The molecule has 4 aliphatic carbocycles. The maximum absolute atomic E-state index is 5.86. The third kappa shape index (κ3) is 6.96. The number of benzene rings is 3. The van der Waals surface area contributed by atoms with E-state index in [1.807, 2.05) is 48.5 Å². The molecule has 0 aromatic heterocycles. The summed E-state index contributed by atoms with van der Waals surface area (Å²) >= 11 is 7.28. The molecular formula is C47H51Cl3Zr-2. The van der Waals surface area contributed by atoms with Crippen LogP contribution in [0.2, 0.25) is 5.02 Å². The molecule has 266 valence electrons. The number of halogens is 3. The van der Waals surface area contributed by atoms with Crippen LogP contribution in [0, 0.1) is 33.5 Å². The van der Waals surface area contributed by atoms with Crippen LogP contribution in [0.1, 0.15) is 90.5 Å². The van der Waals surface area contributed by atoms with Crippen LogP contribution < -0.4 is 24.8 Å². The smallest absolute Gasteiger partial charge is 0.172 e. The van der Waals surface area contributed by atoms with Gasteiger partial charge in [-0.1, -0.05) is 113 Å². The quantitative estimate of drug-likeness (QED) is 0.195. The first kappa shape index (κ1) is 41.5. The van der Waals surface area contributed by atoms with Crippen LogP contribution in [0.15, 0.2) is 138 Å². The van der Waals surface area contributed by atoms with Crippen molar-refractivity contribution in [2.45, 2.75) is 74.7 Å². The van der Waals surface area contributed by atoms with Gasteiger partial charge in [-0.05, 0) is 40.6 Å². The van der Waals surface area contributed by atoms with Crippen molar-refractivity contribution in [3.05, 3.63) is 171 Å². The third-order valence-corrected chi connectivity index (χ3v) is 15.2. The maximum Gasteiger partial charge on any atom is -0.172 e. The molecule has 2 unspecified atom stereocenters. The van der Waals surface area contributed by atoms with Crippen molar-refractivity contribution in [3.8, 4) is 0 Å². The van der Waals surface area contributed by atoms with Gasteiger partial charge in [0.15, 0.2) is 0 Å². The van der Waals surface area contributed by atoms with Crippen molar-refractivity contribution in [3.63, 3.8) is 0 Å². The van der Waals surface area contributed by atoms with E-state index in [0.29, 0.717) is 5.92 Å². The molecular weight excluding hydrogens is 762 g/mol. The molecule has 4 aromatic rings. The normalized spacial score (nSPS) is 22.6. The minimum atomic E-state index is 0. The average Bonchev–Trinajstić information content (AvgIpc) is 3.81. The Morgan fingerprint density at radius 3 is 1.96 bits per heavy atom.